The standard InChI is InChI=1S/C34H36ClN3O4S/c1-26(2)23-36-34(40)32(22-27-12-6-3-7-13-27)37(24-28-14-8-4-9-15-28)33(39)25-38(30-16-10-5-11-17-30)43(41,42)31-20-18-29(35)19-21-31/h3-21,26,32H,22-25H2,1-2H3,(H,36,40)/t32-/m1/s1. The van der Waals surface area contributed by atoms with E-state index in [4.69, 9.17) is 11.6 Å². The number of nitrogens with zero attached hydrogens (tertiary/aromatic N) is 2. The van der Waals surface area contributed by atoms with Crippen LogP contribution < -0.4 is 9.62 Å². The van der Waals surface area contributed by atoms with Crippen molar-refractivity contribution in [2.75, 3.05) is 17.4 Å². The van der Waals surface area contributed by atoms with Crippen LogP contribution in [0.3, 0.4) is 0 Å². The van der Waals surface area contributed by atoms with Gasteiger partial charge in [0.25, 0.3) is 10.0 Å². The first-order chi connectivity index (χ1) is 20.6. The van der Waals surface area contributed by atoms with Gasteiger partial charge in [-0.3, -0.25) is 13.9 Å². The summed E-state index contributed by atoms with van der Waals surface area (Å²) in [7, 11) is -4.17. The lowest BCUT2D eigenvalue weighted by atomic mass is 10.0. The van der Waals surface area contributed by atoms with Crippen molar-refractivity contribution in [3.63, 3.8) is 0 Å². The minimum atomic E-state index is -4.17. The van der Waals surface area contributed by atoms with Gasteiger partial charge in [-0.15, -0.1) is 0 Å². The number of anilines is 1. The van der Waals surface area contributed by atoms with Crippen molar-refractivity contribution in [1.29, 1.82) is 0 Å². The molecule has 0 fully saturated rings. The Morgan fingerprint density at radius 2 is 1.30 bits per heavy atom. The number of hydrogen-bond donors (Lipinski definition) is 1. The number of nitrogens with one attached hydrogen (secondary N) is 1. The van der Waals surface area contributed by atoms with Gasteiger partial charge >= 0.3 is 0 Å². The summed E-state index contributed by atoms with van der Waals surface area (Å²) >= 11 is 6.03. The molecule has 7 nitrogen and oxygen atoms in total. The fourth-order valence-corrected chi connectivity index (χ4v) is 6.15. The molecule has 0 aromatic heterocycles. The van der Waals surface area contributed by atoms with Gasteiger partial charge in [-0.25, -0.2) is 8.42 Å². The topological polar surface area (TPSA) is 86.8 Å². The molecule has 0 bridgehead atoms. The summed E-state index contributed by atoms with van der Waals surface area (Å²) in [6.07, 6.45) is 0.263. The Bertz CT molecular complexity index is 1580. The smallest absolute Gasteiger partial charge is 0.264 e. The van der Waals surface area contributed by atoms with Gasteiger partial charge in [-0.05, 0) is 53.4 Å². The van der Waals surface area contributed by atoms with E-state index < -0.39 is 28.5 Å². The number of carbonyl (C=O) groups excluding carboxylic acids is 2. The number of halogens is 1. The van der Waals surface area contributed by atoms with Crippen molar-refractivity contribution in [3.8, 4) is 0 Å². The fraction of sp³-hybridized carbons (Fsp3) is 0.235. The van der Waals surface area contributed by atoms with Crippen LogP contribution >= 0.6 is 11.6 Å². The maximum Gasteiger partial charge on any atom is 0.264 e. The first kappa shape index (κ1) is 31.8. The minimum absolute atomic E-state index is 0.00123. The highest BCUT2D eigenvalue weighted by molar-refractivity contribution is 7.92. The van der Waals surface area contributed by atoms with Crippen molar-refractivity contribution in [3.05, 3.63) is 131 Å². The summed E-state index contributed by atoms with van der Waals surface area (Å²) in [6, 6.07) is 32.3. The van der Waals surface area contributed by atoms with Crippen molar-refractivity contribution >= 4 is 39.1 Å². The number of amides is 2. The number of sulfonamides is 1. The molecule has 1 atom stereocenters. The molecule has 0 unspecified atom stereocenters. The first-order valence-electron chi connectivity index (χ1n) is 14.1. The summed E-state index contributed by atoms with van der Waals surface area (Å²) in [4.78, 5) is 29.6. The van der Waals surface area contributed by atoms with Crippen LogP contribution in [0.5, 0.6) is 0 Å². The number of hydrogen-bond acceptors (Lipinski definition) is 4. The van der Waals surface area contributed by atoms with Crippen LogP contribution in [0.4, 0.5) is 5.69 Å². The van der Waals surface area contributed by atoms with Gasteiger partial charge in [0.2, 0.25) is 11.8 Å². The zero-order valence-corrected chi connectivity index (χ0v) is 25.8. The highest BCUT2D eigenvalue weighted by atomic mass is 35.5. The molecule has 0 radical (unpaired) electrons. The van der Waals surface area contributed by atoms with Crippen molar-refractivity contribution in [2.45, 2.75) is 37.8 Å². The third-order valence-corrected chi connectivity index (χ3v) is 8.92. The average Bonchev–Trinajstić information content (AvgIpc) is 3.01. The highest BCUT2D eigenvalue weighted by Crippen LogP contribution is 2.26. The number of carbonyl (C=O) groups is 2. The van der Waals surface area contributed by atoms with Crippen molar-refractivity contribution < 1.29 is 18.0 Å². The van der Waals surface area contributed by atoms with Gasteiger partial charge in [0.15, 0.2) is 0 Å². The largest absolute Gasteiger partial charge is 0.354 e. The lowest BCUT2D eigenvalue weighted by molar-refractivity contribution is -0.140. The van der Waals surface area contributed by atoms with E-state index in [0.29, 0.717) is 17.3 Å². The summed E-state index contributed by atoms with van der Waals surface area (Å²) in [5, 5.41) is 3.39. The highest BCUT2D eigenvalue weighted by Gasteiger charge is 2.34. The number of rotatable bonds is 13. The predicted octanol–water partition coefficient (Wildman–Crippen LogP) is 5.95. The van der Waals surface area contributed by atoms with Crippen LogP contribution in [-0.2, 0) is 32.6 Å². The van der Waals surface area contributed by atoms with Gasteiger partial charge < -0.3 is 10.2 Å². The van der Waals surface area contributed by atoms with Gasteiger partial charge in [0.05, 0.1) is 10.6 Å². The van der Waals surface area contributed by atoms with E-state index in [9.17, 15) is 18.0 Å². The summed E-state index contributed by atoms with van der Waals surface area (Å²) in [5.74, 6) is -0.600. The monoisotopic (exact) mass is 617 g/mol. The Hall–Kier alpha value is -4.14. The molecule has 9 heteroatoms. The molecular weight excluding hydrogens is 582 g/mol. The molecule has 0 saturated carbocycles. The molecule has 0 aliphatic carbocycles. The van der Waals surface area contributed by atoms with E-state index >= 15 is 0 Å². The Morgan fingerprint density at radius 1 is 0.767 bits per heavy atom. The van der Waals surface area contributed by atoms with E-state index in [2.05, 4.69) is 5.32 Å². The Kier molecular flexibility index (Phi) is 11.0. The van der Waals surface area contributed by atoms with Gasteiger partial charge in [-0.2, -0.15) is 0 Å². The lowest BCUT2D eigenvalue weighted by Gasteiger charge is -2.34. The van der Waals surface area contributed by atoms with E-state index in [1.165, 1.54) is 29.2 Å². The van der Waals surface area contributed by atoms with E-state index in [1.54, 1.807) is 30.3 Å². The first-order valence-corrected chi connectivity index (χ1v) is 16.0. The maximum absolute atomic E-state index is 14.4. The molecule has 0 heterocycles. The van der Waals surface area contributed by atoms with Crippen molar-refractivity contribution in [1.82, 2.24) is 10.2 Å². The van der Waals surface area contributed by atoms with Crippen LogP contribution in [0, 0.1) is 5.92 Å². The normalized spacial score (nSPS) is 12.0. The molecule has 4 aromatic rings. The molecular formula is C34H36ClN3O4S. The van der Waals surface area contributed by atoms with E-state index in [-0.39, 0.29) is 29.7 Å². The quantitative estimate of drug-likeness (QED) is 0.201. The second kappa shape index (κ2) is 14.8. The Morgan fingerprint density at radius 3 is 1.86 bits per heavy atom. The molecule has 2 amide bonds. The molecule has 1 N–H and O–H groups in total. The van der Waals surface area contributed by atoms with Crippen LogP contribution in [0.2, 0.25) is 5.02 Å². The molecule has 4 rings (SSSR count). The third kappa shape index (κ3) is 8.69. The summed E-state index contributed by atoms with van der Waals surface area (Å²) < 4.78 is 29.0. The van der Waals surface area contributed by atoms with Gasteiger partial charge in [0, 0.05) is 24.5 Å². The van der Waals surface area contributed by atoms with Crippen LogP contribution in [0.25, 0.3) is 0 Å². The minimum Gasteiger partial charge on any atom is -0.354 e. The van der Waals surface area contributed by atoms with Gasteiger partial charge in [0.1, 0.15) is 12.6 Å². The third-order valence-electron chi connectivity index (χ3n) is 6.88. The molecule has 43 heavy (non-hydrogen) atoms. The van der Waals surface area contributed by atoms with Crippen LogP contribution in [-0.4, -0.2) is 44.3 Å². The van der Waals surface area contributed by atoms with E-state index in [0.717, 1.165) is 15.4 Å². The fourth-order valence-electron chi connectivity index (χ4n) is 4.61. The Balaban J connectivity index is 1.76. The van der Waals surface area contributed by atoms with Gasteiger partial charge in [-0.1, -0.05) is 104 Å². The zero-order valence-electron chi connectivity index (χ0n) is 24.3. The van der Waals surface area contributed by atoms with Crippen LogP contribution in [0.1, 0.15) is 25.0 Å². The maximum atomic E-state index is 14.4. The molecule has 0 aliphatic rings. The number of benzene rings is 4. The molecule has 0 saturated heterocycles. The zero-order chi connectivity index (χ0) is 30.8. The number of para-hydroxylation sites is 1. The molecule has 224 valence electrons. The summed E-state index contributed by atoms with van der Waals surface area (Å²) in [6.45, 7) is 4.05. The second-order valence-electron chi connectivity index (χ2n) is 10.7. The van der Waals surface area contributed by atoms with E-state index in [1.807, 2.05) is 74.5 Å². The molecule has 0 spiro atoms. The molecule has 4 aromatic carbocycles. The molecule has 0 aliphatic heterocycles. The predicted molar refractivity (Wildman–Crippen MR) is 171 cm³/mol. The lowest BCUT2D eigenvalue weighted by Crippen LogP contribution is -2.53. The SMILES string of the molecule is CC(C)CNC(=O)[C@@H](Cc1ccccc1)N(Cc1ccccc1)C(=O)CN(c1ccccc1)S(=O)(=O)c1ccc(Cl)cc1. The second-order valence-corrected chi connectivity index (χ2v) is 13.0. The summed E-state index contributed by atoms with van der Waals surface area (Å²) in [5.41, 5.74) is 2.03. The Labute approximate surface area is 259 Å². The van der Waals surface area contributed by atoms with Crippen molar-refractivity contribution in [2.24, 2.45) is 5.92 Å². The average molecular weight is 618 g/mol. The van der Waals surface area contributed by atoms with Crippen LogP contribution in [0.15, 0.2) is 120 Å².